The number of sulfonamides is 1. The molecule has 1 aliphatic rings. The van der Waals surface area contributed by atoms with E-state index < -0.39 is 22.0 Å². The van der Waals surface area contributed by atoms with Crippen LogP contribution in [0.1, 0.15) is 32.1 Å². The summed E-state index contributed by atoms with van der Waals surface area (Å²) in [5, 5.41) is 8.87. The molecule has 0 aromatic rings. The molecule has 0 bridgehead atoms. The second-order valence-electron chi connectivity index (χ2n) is 5.05. The highest BCUT2D eigenvalue weighted by Crippen LogP contribution is 2.28. The monoisotopic (exact) mass is 307 g/mol. The van der Waals surface area contributed by atoms with Crippen LogP contribution in [-0.4, -0.2) is 44.9 Å². The van der Waals surface area contributed by atoms with Gasteiger partial charge < -0.3 is 9.84 Å². The molecule has 0 aliphatic heterocycles. The SMILES string of the molecule is COC(=O)CCS(=O)(=O)NCC1CCC(C(=O)O)CC1. The second kappa shape index (κ2) is 7.58. The van der Waals surface area contributed by atoms with Crippen LogP contribution in [0.5, 0.6) is 0 Å². The molecule has 0 heterocycles. The quantitative estimate of drug-likeness (QED) is 0.657. The highest BCUT2D eigenvalue weighted by atomic mass is 32.2. The molecule has 7 nitrogen and oxygen atoms in total. The summed E-state index contributed by atoms with van der Waals surface area (Å²) in [7, 11) is -2.27. The Morgan fingerprint density at radius 3 is 2.35 bits per heavy atom. The largest absolute Gasteiger partial charge is 0.481 e. The van der Waals surface area contributed by atoms with Crippen LogP contribution in [0.25, 0.3) is 0 Å². The zero-order chi connectivity index (χ0) is 15.2. The van der Waals surface area contributed by atoms with Gasteiger partial charge in [-0.15, -0.1) is 0 Å². The first kappa shape index (κ1) is 16.9. The Balaban J connectivity index is 2.29. The number of hydrogen-bond donors (Lipinski definition) is 2. The van der Waals surface area contributed by atoms with Gasteiger partial charge in [-0.2, -0.15) is 0 Å². The number of carboxylic acids is 1. The third kappa shape index (κ3) is 5.87. The van der Waals surface area contributed by atoms with Crippen molar-refractivity contribution >= 4 is 22.0 Å². The molecule has 0 radical (unpaired) electrons. The third-order valence-electron chi connectivity index (χ3n) is 3.59. The molecule has 0 amide bonds. The smallest absolute Gasteiger partial charge is 0.306 e. The average molecular weight is 307 g/mol. The molecule has 1 saturated carbocycles. The summed E-state index contributed by atoms with van der Waals surface area (Å²) in [5.41, 5.74) is 0. The number of methoxy groups -OCH3 is 1. The number of aliphatic carboxylic acids is 1. The molecule has 116 valence electrons. The van der Waals surface area contributed by atoms with Gasteiger partial charge in [0.15, 0.2) is 0 Å². The number of ether oxygens (including phenoxy) is 1. The van der Waals surface area contributed by atoms with Gasteiger partial charge >= 0.3 is 11.9 Å². The van der Waals surface area contributed by atoms with E-state index in [1.807, 2.05) is 0 Å². The summed E-state index contributed by atoms with van der Waals surface area (Å²) >= 11 is 0. The predicted molar refractivity (Wildman–Crippen MR) is 71.5 cm³/mol. The van der Waals surface area contributed by atoms with E-state index in [1.54, 1.807) is 0 Å². The lowest BCUT2D eigenvalue weighted by molar-refractivity contribution is -0.143. The normalized spacial score (nSPS) is 23.2. The number of carbonyl (C=O) groups excluding carboxylic acids is 1. The van der Waals surface area contributed by atoms with E-state index in [0.717, 1.165) is 0 Å². The summed E-state index contributed by atoms with van der Waals surface area (Å²) in [5.74, 6) is -1.76. The van der Waals surface area contributed by atoms with Crippen LogP contribution in [0.2, 0.25) is 0 Å². The van der Waals surface area contributed by atoms with Gasteiger partial charge in [-0.3, -0.25) is 9.59 Å². The summed E-state index contributed by atoms with van der Waals surface area (Å²) in [6.45, 7) is 0.301. The van der Waals surface area contributed by atoms with Crippen molar-refractivity contribution in [3.05, 3.63) is 0 Å². The zero-order valence-electron chi connectivity index (χ0n) is 11.5. The minimum absolute atomic E-state index is 0.165. The van der Waals surface area contributed by atoms with Crippen molar-refractivity contribution < 1.29 is 27.9 Å². The summed E-state index contributed by atoms with van der Waals surface area (Å²) in [6.07, 6.45) is 2.42. The molecule has 0 aromatic heterocycles. The average Bonchev–Trinajstić information content (AvgIpc) is 2.43. The predicted octanol–water partition coefficient (Wildman–Crippen LogP) is 0.360. The maximum atomic E-state index is 11.7. The molecular weight excluding hydrogens is 286 g/mol. The number of esters is 1. The molecule has 2 N–H and O–H groups in total. The number of carboxylic acid groups (broad SMARTS) is 1. The molecular formula is C12H21NO6S. The summed E-state index contributed by atoms with van der Waals surface area (Å²) < 4.78 is 30.2. The topological polar surface area (TPSA) is 110 Å². The first-order valence-corrected chi connectivity index (χ1v) is 8.26. The Bertz CT molecular complexity index is 439. The van der Waals surface area contributed by atoms with Crippen LogP contribution in [-0.2, 0) is 24.3 Å². The van der Waals surface area contributed by atoms with Crippen molar-refractivity contribution in [1.82, 2.24) is 4.72 Å². The van der Waals surface area contributed by atoms with Crippen LogP contribution in [0.4, 0.5) is 0 Å². The van der Waals surface area contributed by atoms with Crippen LogP contribution in [0, 0.1) is 11.8 Å². The van der Waals surface area contributed by atoms with Crippen molar-refractivity contribution in [3.8, 4) is 0 Å². The molecule has 0 spiro atoms. The standard InChI is InChI=1S/C12H21NO6S/c1-19-11(14)6-7-20(17,18)13-8-9-2-4-10(5-3-9)12(15)16/h9-10,13H,2-8H2,1H3,(H,15,16). The van der Waals surface area contributed by atoms with Gasteiger partial charge in [-0.05, 0) is 31.6 Å². The second-order valence-corrected chi connectivity index (χ2v) is 6.98. The number of hydrogen-bond acceptors (Lipinski definition) is 5. The molecule has 0 unspecified atom stereocenters. The zero-order valence-corrected chi connectivity index (χ0v) is 12.3. The van der Waals surface area contributed by atoms with Gasteiger partial charge in [0.05, 0.1) is 25.2 Å². The fourth-order valence-corrected chi connectivity index (χ4v) is 3.32. The fraction of sp³-hybridized carbons (Fsp3) is 0.833. The molecule has 0 atom stereocenters. The molecule has 1 fully saturated rings. The van der Waals surface area contributed by atoms with Gasteiger partial charge in [-0.1, -0.05) is 0 Å². The minimum Gasteiger partial charge on any atom is -0.481 e. The van der Waals surface area contributed by atoms with E-state index in [9.17, 15) is 18.0 Å². The van der Waals surface area contributed by atoms with Crippen molar-refractivity contribution in [1.29, 1.82) is 0 Å². The Hall–Kier alpha value is -1.15. The van der Waals surface area contributed by atoms with Crippen molar-refractivity contribution in [2.45, 2.75) is 32.1 Å². The van der Waals surface area contributed by atoms with Crippen LogP contribution in [0.15, 0.2) is 0 Å². The lowest BCUT2D eigenvalue weighted by atomic mass is 9.82. The number of carbonyl (C=O) groups is 2. The maximum Gasteiger partial charge on any atom is 0.306 e. The Kier molecular flexibility index (Phi) is 6.41. The number of nitrogens with one attached hydrogen (secondary N) is 1. The minimum atomic E-state index is -3.48. The molecule has 0 aromatic carbocycles. The summed E-state index contributed by atoms with van der Waals surface area (Å²) in [4.78, 5) is 21.7. The third-order valence-corrected chi connectivity index (χ3v) is 4.94. The molecule has 8 heteroatoms. The van der Waals surface area contributed by atoms with E-state index in [0.29, 0.717) is 32.2 Å². The fourth-order valence-electron chi connectivity index (χ4n) is 2.25. The Morgan fingerprint density at radius 1 is 1.25 bits per heavy atom. The molecule has 0 saturated heterocycles. The summed E-state index contributed by atoms with van der Waals surface area (Å²) in [6, 6.07) is 0. The first-order chi connectivity index (χ1) is 9.34. The van der Waals surface area contributed by atoms with Gasteiger partial charge in [0.1, 0.15) is 0 Å². The van der Waals surface area contributed by atoms with Gasteiger partial charge in [0.25, 0.3) is 0 Å². The maximum absolute atomic E-state index is 11.7. The van der Waals surface area contributed by atoms with Crippen molar-refractivity contribution in [2.24, 2.45) is 11.8 Å². The van der Waals surface area contributed by atoms with E-state index in [4.69, 9.17) is 5.11 Å². The number of rotatable bonds is 7. The lowest BCUT2D eigenvalue weighted by Crippen LogP contribution is -2.34. The van der Waals surface area contributed by atoms with Gasteiger partial charge in [0.2, 0.25) is 10.0 Å². The molecule has 20 heavy (non-hydrogen) atoms. The van der Waals surface area contributed by atoms with Gasteiger partial charge in [-0.25, -0.2) is 13.1 Å². The highest BCUT2D eigenvalue weighted by Gasteiger charge is 2.26. The van der Waals surface area contributed by atoms with Crippen molar-refractivity contribution in [2.75, 3.05) is 19.4 Å². The van der Waals surface area contributed by atoms with E-state index in [-0.39, 0.29) is 24.0 Å². The molecule has 1 rings (SSSR count). The lowest BCUT2D eigenvalue weighted by Gasteiger charge is -2.26. The van der Waals surface area contributed by atoms with Crippen LogP contribution in [0.3, 0.4) is 0 Å². The first-order valence-electron chi connectivity index (χ1n) is 6.61. The highest BCUT2D eigenvalue weighted by molar-refractivity contribution is 7.89. The van der Waals surface area contributed by atoms with Gasteiger partial charge in [0, 0.05) is 6.54 Å². The van der Waals surface area contributed by atoms with Crippen LogP contribution < -0.4 is 4.72 Å². The van der Waals surface area contributed by atoms with E-state index >= 15 is 0 Å². The van der Waals surface area contributed by atoms with Crippen LogP contribution >= 0.6 is 0 Å². The Labute approximate surface area is 118 Å². The van der Waals surface area contributed by atoms with E-state index in [2.05, 4.69) is 9.46 Å². The Morgan fingerprint density at radius 2 is 1.85 bits per heavy atom. The molecule has 1 aliphatic carbocycles. The van der Waals surface area contributed by atoms with Crippen molar-refractivity contribution in [3.63, 3.8) is 0 Å². The van der Waals surface area contributed by atoms with E-state index in [1.165, 1.54) is 7.11 Å².